The molecule has 6 heteroatoms. The van der Waals surface area contributed by atoms with E-state index in [-0.39, 0.29) is 5.97 Å². The van der Waals surface area contributed by atoms with Crippen molar-refractivity contribution in [3.8, 4) is 0 Å². The zero-order valence-electron chi connectivity index (χ0n) is 11.6. The van der Waals surface area contributed by atoms with Crippen molar-refractivity contribution in [1.29, 1.82) is 0 Å². The molecule has 1 heterocycles. The van der Waals surface area contributed by atoms with Gasteiger partial charge in [0.05, 0.1) is 20.3 Å². The van der Waals surface area contributed by atoms with Gasteiger partial charge in [-0.25, -0.2) is 4.79 Å². The minimum Gasteiger partial charge on any atom is -0.467 e. The number of aryl methyl sites for hydroxylation is 1. The number of ether oxygens (including phenoxy) is 2. The number of methoxy groups -OCH3 is 1. The molecule has 1 aromatic carbocycles. The smallest absolute Gasteiger partial charge is 0.330 e. The summed E-state index contributed by atoms with van der Waals surface area (Å²) in [7, 11) is 1.39. The van der Waals surface area contributed by atoms with E-state index in [1.165, 1.54) is 7.11 Å². The fraction of sp³-hybridized carbons (Fsp3) is 0.429. The fourth-order valence-corrected chi connectivity index (χ4v) is 2.58. The van der Waals surface area contributed by atoms with Crippen LogP contribution in [0.3, 0.4) is 0 Å². The molecule has 20 heavy (non-hydrogen) atoms. The van der Waals surface area contributed by atoms with Gasteiger partial charge in [0.1, 0.15) is 4.99 Å². The lowest BCUT2D eigenvalue weighted by molar-refractivity contribution is -0.144. The van der Waals surface area contributed by atoms with Crippen LogP contribution in [0, 0.1) is 6.92 Å². The molecule has 108 valence electrons. The van der Waals surface area contributed by atoms with Gasteiger partial charge in [0.15, 0.2) is 6.04 Å². The van der Waals surface area contributed by atoms with E-state index in [1.54, 1.807) is 0 Å². The second kappa shape index (κ2) is 6.19. The molecule has 1 atom stereocenters. The Morgan fingerprint density at radius 2 is 2.30 bits per heavy atom. The summed E-state index contributed by atoms with van der Waals surface area (Å²) in [5, 5.41) is 0. The Morgan fingerprint density at radius 1 is 1.55 bits per heavy atom. The number of hydrogen-bond donors (Lipinski definition) is 1. The Hall–Kier alpha value is -1.66. The molecule has 1 aliphatic heterocycles. The number of nitrogens with zero attached hydrogens (tertiary/aromatic N) is 1. The molecule has 1 saturated heterocycles. The Kier molecular flexibility index (Phi) is 4.57. The van der Waals surface area contributed by atoms with Crippen molar-refractivity contribution in [2.45, 2.75) is 13.0 Å². The van der Waals surface area contributed by atoms with Gasteiger partial charge in [-0.2, -0.15) is 0 Å². The Balaban J connectivity index is 2.31. The van der Waals surface area contributed by atoms with Crippen LogP contribution in [0.4, 0.5) is 5.69 Å². The van der Waals surface area contributed by atoms with Gasteiger partial charge < -0.3 is 20.1 Å². The first-order valence-corrected chi connectivity index (χ1v) is 6.78. The molecule has 0 aliphatic carbocycles. The molecule has 1 aromatic rings. The monoisotopic (exact) mass is 294 g/mol. The van der Waals surface area contributed by atoms with Crippen LogP contribution in [-0.4, -0.2) is 43.9 Å². The number of esters is 1. The van der Waals surface area contributed by atoms with E-state index in [9.17, 15) is 4.79 Å². The standard InChI is InChI=1S/C14H18N2O3S/c1-9-7-10(3-4-11(9)13(15)20)16-5-6-19-8-12(16)14(17)18-2/h3-4,7,12H,5-6,8H2,1-2H3,(H2,15,20). The highest BCUT2D eigenvalue weighted by Crippen LogP contribution is 2.23. The largest absolute Gasteiger partial charge is 0.467 e. The summed E-state index contributed by atoms with van der Waals surface area (Å²) in [5.74, 6) is -0.291. The van der Waals surface area contributed by atoms with E-state index in [0.29, 0.717) is 24.7 Å². The average Bonchev–Trinajstić information content (AvgIpc) is 2.46. The number of rotatable bonds is 3. The molecular formula is C14H18N2O3S. The number of thiocarbonyl (C=S) groups is 1. The number of morpholine rings is 1. The van der Waals surface area contributed by atoms with Crippen LogP contribution in [0.1, 0.15) is 11.1 Å². The SMILES string of the molecule is COC(=O)C1COCCN1c1ccc(C(N)=S)c(C)c1. The quantitative estimate of drug-likeness (QED) is 0.663. The minimum absolute atomic E-state index is 0.291. The third-order valence-electron chi connectivity index (χ3n) is 3.41. The summed E-state index contributed by atoms with van der Waals surface area (Å²) in [6.45, 7) is 3.52. The van der Waals surface area contributed by atoms with Crippen molar-refractivity contribution in [3.63, 3.8) is 0 Å². The van der Waals surface area contributed by atoms with Gasteiger partial charge in [-0.1, -0.05) is 12.2 Å². The zero-order chi connectivity index (χ0) is 14.7. The molecule has 0 radical (unpaired) electrons. The summed E-state index contributed by atoms with van der Waals surface area (Å²) < 4.78 is 10.2. The van der Waals surface area contributed by atoms with Crippen molar-refractivity contribution in [3.05, 3.63) is 29.3 Å². The Morgan fingerprint density at radius 3 is 2.90 bits per heavy atom. The molecule has 1 fully saturated rings. The number of benzene rings is 1. The van der Waals surface area contributed by atoms with Crippen molar-refractivity contribution >= 4 is 28.9 Å². The predicted molar refractivity (Wildman–Crippen MR) is 81.0 cm³/mol. The maximum Gasteiger partial charge on any atom is 0.330 e. The van der Waals surface area contributed by atoms with Gasteiger partial charge in [-0.05, 0) is 30.7 Å². The number of nitrogens with two attached hydrogens (primary N) is 1. The number of carbonyl (C=O) groups is 1. The van der Waals surface area contributed by atoms with E-state index < -0.39 is 6.04 Å². The van der Waals surface area contributed by atoms with Gasteiger partial charge >= 0.3 is 5.97 Å². The zero-order valence-corrected chi connectivity index (χ0v) is 12.4. The van der Waals surface area contributed by atoms with E-state index in [0.717, 1.165) is 16.8 Å². The molecule has 0 bridgehead atoms. The third-order valence-corrected chi connectivity index (χ3v) is 3.63. The first-order chi connectivity index (χ1) is 9.54. The van der Waals surface area contributed by atoms with E-state index in [4.69, 9.17) is 27.4 Å². The van der Waals surface area contributed by atoms with Gasteiger partial charge in [0, 0.05) is 17.8 Å². The highest BCUT2D eigenvalue weighted by Gasteiger charge is 2.30. The van der Waals surface area contributed by atoms with Crippen molar-refractivity contribution in [2.75, 3.05) is 31.8 Å². The molecule has 0 saturated carbocycles. The van der Waals surface area contributed by atoms with Crippen LogP contribution in [0.2, 0.25) is 0 Å². The third kappa shape index (κ3) is 2.91. The van der Waals surface area contributed by atoms with E-state index >= 15 is 0 Å². The summed E-state index contributed by atoms with van der Waals surface area (Å²) in [4.78, 5) is 14.2. The van der Waals surface area contributed by atoms with Crippen LogP contribution in [-0.2, 0) is 14.3 Å². The molecule has 1 unspecified atom stereocenters. The number of carbonyl (C=O) groups excluding carboxylic acids is 1. The number of hydrogen-bond acceptors (Lipinski definition) is 5. The second-order valence-electron chi connectivity index (χ2n) is 4.67. The molecule has 0 spiro atoms. The van der Waals surface area contributed by atoms with Gasteiger partial charge in [0.2, 0.25) is 0 Å². The molecule has 1 aliphatic rings. The van der Waals surface area contributed by atoms with Gasteiger partial charge in [-0.3, -0.25) is 0 Å². The van der Waals surface area contributed by atoms with E-state index in [2.05, 4.69) is 0 Å². The van der Waals surface area contributed by atoms with Crippen molar-refractivity contribution in [2.24, 2.45) is 5.73 Å². The lowest BCUT2D eigenvalue weighted by Crippen LogP contribution is -2.50. The molecule has 0 amide bonds. The second-order valence-corrected chi connectivity index (χ2v) is 5.11. The van der Waals surface area contributed by atoms with Crippen LogP contribution in [0.15, 0.2) is 18.2 Å². The lowest BCUT2D eigenvalue weighted by atomic mass is 10.1. The molecule has 5 nitrogen and oxygen atoms in total. The average molecular weight is 294 g/mol. The van der Waals surface area contributed by atoms with Crippen LogP contribution in [0.25, 0.3) is 0 Å². The molecule has 0 aromatic heterocycles. The van der Waals surface area contributed by atoms with Gasteiger partial charge in [0.25, 0.3) is 0 Å². The normalized spacial score (nSPS) is 18.7. The Labute approximate surface area is 123 Å². The Bertz CT molecular complexity index is 533. The number of anilines is 1. The predicted octanol–water partition coefficient (Wildman–Crippen LogP) is 1.01. The molecule has 2 rings (SSSR count). The minimum atomic E-state index is -0.413. The van der Waals surface area contributed by atoms with Crippen molar-refractivity contribution < 1.29 is 14.3 Å². The highest BCUT2D eigenvalue weighted by molar-refractivity contribution is 7.80. The lowest BCUT2D eigenvalue weighted by Gasteiger charge is -2.35. The van der Waals surface area contributed by atoms with Crippen molar-refractivity contribution in [1.82, 2.24) is 0 Å². The first kappa shape index (κ1) is 14.7. The maximum atomic E-state index is 11.8. The van der Waals surface area contributed by atoms with Crippen LogP contribution >= 0.6 is 12.2 Å². The fourth-order valence-electron chi connectivity index (χ4n) is 2.35. The molecule has 2 N–H and O–H groups in total. The summed E-state index contributed by atoms with van der Waals surface area (Å²) in [5.41, 5.74) is 8.45. The summed E-state index contributed by atoms with van der Waals surface area (Å²) >= 11 is 5.00. The maximum absolute atomic E-state index is 11.8. The highest BCUT2D eigenvalue weighted by atomic mass is 32.1. The molecular weight excluding hydrogens is 276 g/mol. The van der Waals surface area contributed by atoms with Crippen LogP contribution < -0.4 is 10.6 Å². The van der Waals surface area contributed by atoms with Gasteiger partial charge in [-0.15, -0.1) is 0 Å². The topological polar surface area (TPSA) is 64.8 Å². The summed E-state index contributed by atoms with van der Waals surface area (Å²) in [6.07, 6.45) is 0. The summed E-state index contributed by atoms with van der Waals surface area (Å²) in [6, 6.07) is 5.37. The van der Waals surface area contributed by atoms with E-state index in [1.807, 2.05) is 30.0 Å². The van der Waals surface area contributed by atoms with Crippen LogP contribution in [0.5, 0.6) is 0 Å². The first-order valence-electron chi connectivity index (χ1n) is 6.37.